The second kappa shape index (κ2) is 8.69. The van der Waals surface area contributed by atoms with Gasteiger partial charge in [0.1, 0.15) is 0 Å². The molecule has 0 aliphatic rings. The number of carbonyl (C=O) groups is 2. The Morgan fingerprint density at radius 1 is 1.06 bits per heavy atom. The smallest absolute Gasteiger partial charge is 0.259 e. The van der Waals surface area contributed by atoms with Gasteiger partial charge in [0.05, 0.1) is 28.9 Å². The summed E-state index contributed by atoms with van der Waals surface area (Å²) in [4.78, 5) is 29.8. The van der Waals surface area contributed by atoms with Gasteiger partial charge >= 0.3 is 0 Å². The van der Waals surface area contributed by atoms with E-state index in [1.54, 1.807) is 19.1 Å². The third-order valence-corrected chi connectivity index (χ3v) is 5.30. The number of amides is 2. The average Bonchev–Trinajstić information content (AvgIpc) is 3.15. The standard InChI is InChI=1S/C23H19BrN4O3/c1-13-10-16(24)8-9-18(13)26-20(29)12-25-22(30)17-11-19(15-6-4-3-5-7-15)27-23-21(17)14(2)28-31-23/h3-11H,12H2,1-2H3,(H,25,30)(H,26,29). The molecule has 8 heteroatoms. The fourth-order valence-corrected chi connectivity index (χ4v) is 3.72. The molecule has 7 nitrogen and oxygen atoms in total. The van der Waals surface area contributed by atoms with Crippen molar-refractivity contribution in [2.75, 3.05) is 11.9 Å². The lowest BCUT2D eigenvalue weighted by Crippen LogP contribution is -2.33. The van der Waals surface area contributed by atoms with E-state index >= 15 is 0 Å². The summed E-state index contributed by atoms with van der Waals surface area (Å²) in [6, 6.07) is 16.7. The number of hydrogen-bond donors (Lipinski definition) is 2. The largest absolute Gasteiger partial charge is 0.343 e. The third kappa shape index (κ3) is 4.49. The van der Waals surface area contributed by atoms with Gasteiger partial charge in [0.15, 0.2) is 0 Å². The lowest BCUT2D eigenvalue weighted by molar-refractivity contribution is -0.115. The highest BCUT2D eigenvalue weighted by molar-refractivity contribution is 9.10. The molecule has 0 spiro atoms. The Morgan fingerprint density at radius 3 is 2.58 bits per heavy atom. The van der Waals surface area contributed by atoms with E-state index in [0.29, 0.717) is 28.0 Å². The van der Waals surface area contributed by atoms with E-state index in [1.165, 1.54) is 0 Å². The molecule has 0 atom stereocenters. The van der Waals surface area contributed by atoms with Crippen LogP contribution in [0.15, 0.2) is 63.6 Å². The Balaban J connectivity index is 1.55. The normalized spacial score (nSPS) is 10.8. The molecule has 0 unspecified atom stereocenters. The van der Waals surface area contributed by atoms with Crippen LogP contribution in [0.1, 0.15) is 21.6 Å². The summed E-state index contributed by atoms with van der Waals surface area (Å²) in [5, 5.41) is 9.96. The first-order valence-electron chi connectivity index (χ1n) is 9.59. The van der Waals surface area contributed by atoms with Gasteiger partial charge in [0, 0.05) is 15.7 Å². The molecule has 0 aliphatic heterocycles. The van der Waals surface area contributed by atoms with Crippen molar-refractivity contribution in [3.05, 3.63) is 75.9 Å². The summed E-state index contributed by atoms with van der Waals surface area (Å²) in [5.74, 6) is -0.729. The van der Waals surface area contributed by atoms with Crippen LogP contribution in [0.4, 0.5) is 5.69 Å². The lowest BCUT2D eigenvalue weighted by atomic mass is 10.1. The van der Waals surface area contributed by atoms with Gasteiger partial charge in [-0.05, 0) is 43.7 Å². The summed E-state index contributed by atoms with van der Waals surface area (Å²) < 4.78 is 6.23. The van der Waals surface area contributed by atoms with Crippen LogP contribution >= 0.6 is 15.9 Å². The molecule has 2 N–H and O–H groups in total. The molecule has 4 rings (SSSR count). The molecule has 0 radical (unpaired) electrons. The van der Waals surface area contributed by atoms with Gasteiger partial charge in [-0.25, -0.2) is 4.98 Å². The minimum atomic E-state index is -0.404. The highest BCUT2D eigenvalue weighted by Gasteiger charge is 2.20. The van der Waals surface area contributed by atoms with Crippen LogP contribution < -0.4 is 10.6 Å². The topological polar surface area (TPSA) is 97.1 Å². The number of aromatic nitrogens is 2. The van der Waals surface area contributed by atoms with Gasteiger partial charge in [-0.1, -0.05) is 51.4 Å². The quantitative estimate of drug-likeness (QED) is 0.435. The SMILES string of the molecule is Cc1cc(Br)ccc1NC(=O)CNC(=O)c1cc(-c2ccccc2)nc2onc(C)c12. The average molecular weight is 479 g/mol. The number of halogens is 1. The Morgan fingerprint density at radius 2 is 1.84 bits per heavy atom. The van der Waals surface area contributed by atoms with Crippen LogP contribution in [-0.4, -0.2) is 28.5 Å². The molecule has 2 aromatic heterocycles. The molecule has 0 fully saturated rings. The van der Waals surface area contributed by atoms with Gasteiger partial charge in [0.25, 0.3) is 11.6 Å². The van der Waals surface area contributed by atoms with E-state index in [9.17, 15) is 9.59 Å². The zero-order chi connectivity index (χ0) is 22.0. The van der Waals surface area contributed by atoms with Crippen molar-refractivity contribution in [3.8, 4) is 11.3 Å². The first kappa shape index (κ1) is 20.7. The van der Waals surface area contributed by atoms with Crippen molar-refractivity contribution in [2.45, 2.75) is 13.8 Å². The number of aryl methyl sites for hydroxylation is 2. The number of nitrogens with zero attached hydrogens (tertiary/aromatic N) is 2. The molecule has 156 valence electrons. The lowest BCUT2D eigenvalue weighted by Gasteiger charge is -2.10. The number of anilines is 1. The third-order valence-electron chi connectivity index (χ3n) is 4.80. The number of hydrogen-bond acceptors (Lipinski definition) is 5. The number of pyridine rings is 1. The Hall–Kier alpha value is -3.52. The molecule has 2 aromatic carbocycles. The highest BCUT2D eigenvalue weighted by atomic mass is 79.9. The van der Waals surface area contributed by atoms with Crippen LogP contribution in [0.2, 0.25) is 0 Å². The maximum absolute atomic E-state index is 13.0. The van der Waals surface area contributed by atoms with E-state index in [0.717, 1.165) is 15.6 Å². The first-order valence-corrected chi connectivity index (χ1v) is 10.4. The van der Waals surface area contributed by atoms with Crippen LogP contribution in [0, 0.1) is 13.8 Å². The Kier molecular flexibility index (Phi) is 5.81. The second-order valence-corrected chi connectivity index (χ2v) is 7.97. The number of benzene rings is 2. The highest BCUT2D eigenvalue weighted by Crippen LogP contribution is 2.27. The minimum Gasteiger partial charge on any atom is -0.343 e. The van der Waals surface area contributed by atoms with Crippen molar-refractivity contribution in [1.82, 2.24) is 15.5 Å². The van der Waals surface area contributed by atoms with E-state index in [1.807, 2.05) is 49.4 Å². The van der Waals surface area contributed by atoms with Gasteiger partial charge in [-0.3, -0.25) is 9.59 Å². The fraction of sp³-hybridized carbons (Fsp3) is 0.130. The van der Waals surface area contributed by atoms with Crippen molar-refractivity contribution in [2.24, 2.45) is 0 Å². The van der Waals surface area contributed by atoms with Gasteiger partial charge in [-0.2, -0.15) is 0 Å². The maximum atomic E-state index is 13.0. The summed E-state index contributed by atoms with van der Waals surface area (Å²) in [7, 11) is 0. The molecule has 4 aromatic rings. The zero-order valence-electron chi connectivity index (χ0n) is 16.9. The Bertz CT molecular complexity index is 1280. The predicted octanol–water partition coefficient (Wildman–Crippen LogP) is 4.64. The zero-order valence-corrected chi connectivity index (χ0v) is 18.5. The van der Waals surface area contributed by atoms with E-state index < -0.39 is 5.91 Å². The fourth-order valence-electron chi connectivity index (χ4n) is 3.25. The molecule has 2 heterocycles. The van der Waals surface area contributed by atoms with E-state index in [-0.39, 0.29) is 18.2 Å². The number of rotatable bonds is 5. The molecular weight excluding hydrogens is 460 g/mol. The van der Waals surface area contributed by atoms with Crippen LogP contribution in [0.3, 0.4) is 0 Å². The Labute approximate surface area is 187 Å². The molecular formula is C23H19BrN4O3. The molecule has 0 saturated heterocycles. The summed E-state index contributed by atoms with van der Waals surface area (Å²) in [6.07, 6.45) is 0. The summed E-state index contributed by atoms with van der Waals surface area (Å²) >= 11 is 3.40. The first-order chi connectivity index (χ1) is 14.9. The van der Waals surface area contributed by atoms with Gasteiger partial charge in [0.2, 0.25) is 5.91 Å². The predicted molar refractivity (Wildman–Crippen MR) is 122 cm³/mol. The number of fused-ring (bicyclic) bond motifs is 1. The monoisotopic (exact) mass is 478 g/mol. The molecule has 0 saturated carbocycles. The summed E-state index contributed by atoms with van der Waals surface area (Å²) in [6.45, 7) is 3.46. The maximum Gasteiger partial charge on any atom is 0.259 e. The molecule has 0 aliphatic carbocycles. The summed E-state index contributed by atoms with van der Waals surface area (Å²) in [5.41, 5.74) is 4.23. The number of nitrogens with one attached hydrogen (secondary N) is 2. The minimum absolute atomic E-state index is 0.177. The van der Waals surface area contributed by atoms with Crippen molar-refractivity contribution < 1.29 is 14.1 Å². The van der Waals surface area contributed by atoms with Crippen LogP contribution in [0.5, 0.6) is 0 Å². The van der Waals surface area contributed by atoms with Gasteiger partial charge < -0.3 is 15.2 Å². The van der Waals surface area contributed by atoms with Gasteiger partial charge in [-0.15, -0.1) is 0 Å². The number of carbonyl (C=O) groups excluding carboxylic acids is 2. The van der Waals surface area contributed by atoms with Crippen molar-refractivity contribution >= 4 is 44.5 Å². The van der Waals surface area contributed by atoms with Crippen LogP contribution in [0.25, 0.3) is 22.4 Å². The van der Waals surface area contributed by atoms with Crippen LogP contribution in [-0.2, 0) is 4.79 Å². The van der Waals surface area contributed by atoms with Crippen molar-refractivity contribution in [1.29, 1.82) is 0 Å². The molecule has 2 amide bonds. The molecule has 31 heavy (non-hydrogen) atoms. The molecule has 0 bridgehead atoms. The van der Waals surface area contributed by atoms with E-state index in [4.69, 9.17) is 4.52 Å². The van der Waals surface area contributed by atoms with Crippen molar-refractivity contribution in [3.63, 3.8) is 0 Å². The van der Waals surface area contributed by atoms with E-state index in [2.05, 4.69) is 36.7 Å². The second-order valence-electron chi connectivity index (χ2n) is 7.06.